The highest BCUT2D eigenvalue weighted by molar-refractivity contribution is 9.10. The van der Waals surface area contributed by atoms with Gasteiger partial charge in [-0.1, -0.05) is 63.9 Å². The van der Waals surface area contributed by atoms with Crippen molar-refractivity contribution in [3.8, 4) is 0 Å². The molecule has 2 aromatic carbocycles. The molecule has 0 saturated carbocycles. The zero-order chi connectivity index (χ0) is 12.3. The minimum Gasteiger partial charge on any atom is -0.324 e. The molecule has 0 fully saturated rings. The number of hydrogen-bond acceptors (Lipinski definition) is 1. The Balaban J connectivity index is 2.20. The van der Waals surface area contributed by atoms with Crippen molar-refractivity contribution < 1.29 is 0 Å². The molecule has 0 aliphatic carbocycles. The summed E-state index contributed by atoms with van der Waals surface area (Å²) in [6.07, 6.45) is 0.738. The average molecular weight is 311 g/mol. The third kappa shape index (κ3) is 3.09. The van der Waals surface area contributed by atoms with Gasteiger partial charge in [-0.05, 0) is 29.7 Å². The van der Waals surface area contributed by atoms with E-state index in [1.165, 1.54) is 0 Å². The fraction of sp³-hybridized carbons (Fsp3) is 0.143. The SMILES string of the molecule is NC(Cc1ccccc1Cl)c1ccccc1Br. The molecule has 2 aromatic rings. The van der Waals surface area contributed by atoms with Gasteiger partial charge in [-0.25, -0.2) is 0 Å². The number of halogens is 2. The van der Waals surface area contributed by atoms with E-state index in [0.29, 0.717) is 0 Å². The van der Waals surface area contributed by atoms with E-state index in [-0.39, 0.29) is 6.04 Å². The molecule has 0 aliphatic rings. The van der Waals surface area contributed by atoms with E-state index in [1.807, 2.05) is 48.5 Å². The lowest BCUT2D eigenvalue weighted by Crippen LogP contribution is -2.14. The van der Waals surface area contributed by atoms with Crippen LogP contribution < -0.4 is 5.73 Å². The van der Waals surface area contributed by atoms with Gasteiger partial charge in [0.25, 0.3) is 0 Å². The van der Waals surface area contributed by atoms with Crippen LogP contribution in [0.15, 0.2) is 53.0 Å². The van der Waals surface area contributed by atoms with Gasteiger partial charge in [0.2, 0.25) is 0 Å². The van der Waals surface area contributed by atoms with Crippen LogP contribution >= 0.6 is 27.5 Å². The Bertz CT molecular complexity index is 513. The molecule has 0 saturated heterocycles. The highest BCUT2D eigenvalue weighted by Gasteiger charge is 2.11. The highest BCUT2D eigenvalue weighted by Crippen LogP contribution is 2.26. The Morgan fingerprint density at radius 1 is 1.06 bits per heavy atom. The largest absolute Gasteiger partial charge is 0.324 e. The molecule has 1 unspecified atom stereocenters. The summed E-state index contributed by atoms with van der Waals surface area (Å²) < 4.78 is 1.04. The highest BCUT2D eigenvalue weighted by atomic mass is 79.9. The van der Waals surface area contributed by atoms with Gasteiger partial charge in [0, 0.05) is 15.5 Å². The second-order valence-corrected chi connectivity index (χ2v) is 5.19. The molecule has 0 bridgehead atoms. The minimum absolute atomic E-state index is 0.0505. The van der Waals surface area contributed by atoms with Gasteiger partial charge in [0.15, 0.2) is 0 Å². The maximum Gasteiger partial charge on any atom is 0.0438 e. The molecule has 0 aliphatic heterocycles. The van der Waals surface area contributed by atoms with Crippen LogP contribution in [-0.2, 0) is 6.42 Å². The minimum atomic E-state index is -0.0505. The van der Waals surface area contributed by atoms with Crippen LogP contribution in [0.2, 0.25) is 5.02 Å². The fourth-order valence-corrected chi connectivity index (χ4v) is 2.58. The summed E-state index contributed by atoms with van der Waals surface area (Å²) in [6, 6.07) is 15.8. The molecular formula is C14H13BrClN. The van der Waals surface area contributed by atoms with Crippen molar-refractivity contribution in [2.24, 2.45) is 5.73 Å². The van der Waals surface area contributed by atoms with Crippen LogP contribution in [0.1, 0.15) is 17.2 Å². The summed E-state index contributed by atoms with van der Waals surface area (Å²) >= 11 is 9.64. The monoisotopic (exact) mass is 309 g/mol. The van der Waals surface area contributed by atoms with Gasteiger partial charge in [-0.15, -0.1) is 0 Å². The number of hydrogen-bond donors (Lipinski definition) is 1. The molecule has 2 rings (SSSR count). The van der Waals surface area contributed by atoms with Gasteiger partial charge in [0.05, 0.1) is 0 Å². The summed E-state index contributed by atoms with van der Waals surface area (Å²) in [7, 11) is 0. The topological polar surface area (TPSA) is 26.0 Å². The van der Waals surface area contributed by atoms with Crippen molar-refractivity contribution in [3.05, 3.63) is 69.2 Å². The molecule has 88 valence electrons. The maximum atomic E-state index is 6.21. The van der Waals surface area contributed by atoms with Crippen LogP contribution in [0, 0.1) is 0 Å². The van der Waals surface area contributed by atoms with E-state index < -0.39 is 0 Å². The van der Waals surface area contributed by atoms with E-state index in [2.05, 4.69) is 15.9 Å². The zero-order valence-electron chi connectivity index (χ0n) is 9.24. The Hall–Kier alpha value is -0.830. The van der Waals surface area contributed by atoms with E-state index in [1.54, 1.807) is 0 Å². The van der Waals surface area contributed by atoms with Crippen molar-refractivity contribution in [3.63, 3.8) is 0 Å². The molecule has 1 atom stereocenters. The summed E-state index contributed by atoms with van der Waals surface area (Å²) in [5, 5.41) is 0.773. The maximum absolute atomic E-state index is 6.21. The predicted molar refractivity (Wildman–Crippen MR) is 76.2 cm³/mol. The lowest BCUT2D eigenvalue weighted by molar-refractivity contribution is 0.718. The van der Waals surface area contributed by atoms with Gasteiger partial charge < -0.3 is 5.73 Å². The lowest BCUT2D eigenvalue weighted by atomic mass is 10.00. The van der Waals surface area contributed by atoms with Crippen LogP contribution in [0.25, 0.3) is 0 Å². The summed E-state index contributed by atoms with van der Waals surface area (Å²) in [5.74, 6) is 0. The second kappa shape index (κ2) is 5.67. The smallest absolute Gasteiger partial charge is 0.0438 e. The summed E-state index contributed by atoms with van der Waals surface area (Å²) in [5.41, 5.74) is 8.39. The Labute approximate surface area is 115 Å². The van der Waals surface area contributed by atoms with Crippen molar-refractivity contribution in [2.45, 2.75) is 12.5 Å². The number of nitrogens with two attached hydrogens (primary N) is 1. The molecule has 0 radical (unpaired) electrons. The summed E-state index contributed by atoms with van der Waals surface area (Å²) in [4.78, 5) is 0. The average Bonchev–Trinajstić information content (AvgIpc) is 2.32. The van der Waals surface area contributed by atoms with Crippen LogP contribution in [0.3, 0.4) is 0 Å². The van der Waals surface area contributed by atoms with E-state index in [0.717, 1.165) is 27.0 Å². The van der Waals surface area contributed by atoms with E-state index >= 15 is 0 Å². The number of rotatable bonds is 3. The Morgan fingerprint density at radius 2 is 1.71 bits per heavy atom. The molecule has 1 nitrogen and oxygen atoms in total. The van der Waals surface area contributed by atoms with Crippen LogP contribution in [0.4, 0.5) is 0 Å². The van der Waals surface area contributed by atoms with Crippen molar-refractivity contribution >= 4 is 27.5 Å². The van der Waals surface area contributed by atoms with Crippen molar-refractivity contribution in [1.29, 1.82) is 0 Å². The van der Waals surface area contributed by atoms with Gasteiger partial charge >= 0.3 is 0 Å². The standard InChI is InChI=1S/C14H13BrClN/c15-12-7-3-2-6-11(12)14(17)9-10-5-1-4-8-13(10)16/h1-8,14H,9,17H2. The fourth-order valence-electron chi connectivity index (χ4n) is 1.79. The molecule has 0 spiro atoms. The second-order valence-electron chi connectivity index (χ2n) is 3.92. The third-order valence-corrected chi connectivity index (χ3v) is 3.79. The van der Waals surface area contributed by atoms with Gasteiger partial charge in [-0.2, -0.15) is 0 Å². The van der Waals surface area contributed by atoms with Gasteiger partial charge in [-0.3, -0.25) is 0 Å². The first-order chi connectivity index (χ1) is 8.18. The zero-order valence-corrected chi connectivity index (χ0v) is 11.6. The van der Waals surface area contributed by atoms with Crippen LogP contribution in [0.5, 0.6) is 0 Å². The van der Waals surface area contributed by atoms with E-state index in [9.17, 15) is 0 Å². The molecule has 3 heteroatoms. The Morgan fingerprint density at radius 3 is 2.41 bits per heavy atom. The lowest BCUT2D eigenvalue weighted by Gasteiger charge is -2.14. The van der Waals surface area contributed by atoms with Crippen molar-refractivity contribution in [1.82, 2.24) is 0 Å². The number of benzene rings is 2. The predicted octanol–water partition coefficient (Wildman–Crippen LogP) is 4.35. The van der Waals surface area contributed by atoms with Crippen LogP contribution in [-0.4, -0.2) is 0 Å². The summed E-state index contributed by atoms with van der Waals surface area (Å²) in [6.45, 7) is 0. The first-order valence-corrected chi connectivity index (χ1v) is 6.59. The molecule has 0 aromatic heterocycles. The molecule has 0 amide bonds. The molecule has 0 heterocycles. The van der Waals surface area contributed by atoms with E-state index in [4.69, 9.17) is 17.3 Å². The van der Waals surface area contributed by atoms with Gasteiger partial charge in [0.1, 0.15) is 0 Å². The molecule has 17 heavy (non-hydrogen) atoms. The normalized spacial score (nSPS) is 12.4. The first-order valence-electron chi connectivity index (χ1n) is 5.42. The van der Waals surface area contributed by atoms with Crippen molar-refractivity contribution in [2.75, 3.05) is 0 Å². The molecule has 2 N–H and O–H groups in total. The first kappa shape index (κ1) is 12.6. The molecular weight excluding hydrogens is 298 g/mol. The third-order valence-electron chi connectivity index (χ3n) is 2.70. The Kier molecular flexibility index (Phi) is 4.21. The quantitative estimate of drug-likeness (QED) is 0.896.